The lowest BCUT2D eigenvalue weighted by atomic mass is 9.85. The fraction of sp³-hybridized carbons (Fsp3) is 0.333. The Balaban J connectivity index is 0.00000182. The Bertz CT molecular complexity index is 759. The Labute approximate surface area is 180 Å². The smallest absolute Gasteiger partial charge is 0.238 e. The number of amides is 1. The van der Waals surface area contributed by atoms with E-state index in [0.29, 0.717) is 21.5 Å². The number of nitrogens with one attached hydrogen (secondary N) is 1. The standard InChI is InChI=1S/C18H19Cl2N3O2.2ClH/c19-12-9-16(20)18(22-10-12)25-15-6-4-14(5-7-15)23-17(24)11-2-1-3-13(21)8-11;;/h4-7,9-11,13H,1-3,8,21H2,(H,23,24);2*1H. The van der Waals surface area contributed by atoms with Crippen LogP contribution in [0.3, 0.4) is 0 Å². The Morgan fingerprint density at radius 1 is 1.19 bits per heavy atom. The molecule has 1 fully saturated rings. The second-order valence-corrected chi connectivity index (χ2v) is 7.02. The summed E-state index contributed by atoms with van der Waals surface area (Å²) < 4.78 is 5.62. The normalized spacial score (nSPS) is 18.6. The van der Waals surface area contributed by atoms with Gasteiger partial charge in [0.25, 0.3) is 0 Å². The van der Waals surface area contributed by atoms with Gasteiger partial charge in [0, 0.05) is 23.8 Å². The summed E-state index contributed by atoms with van der Waals surface area (Å²) in [7, 11) is 0. The third-order valence-electron chi connectivity index (χ3n) is 4.20. The minimum Gasteiger partial charge on any atom is -0.438 e. The van der Waals surface area contributed by atoms with Crippen molar-refractivity contribution in [2.45, 2.75) is 31.7 Å². The van der Waals surface area contributed by atoms with Crippen LogP contribution in [0.1, 0.15) is 25.7 Å². The number of nitrogens with zero attached hydrogens (tertiary/aromatic N) is 1. The van der Waals surface area contributed by atoms with Crippen molar-refractivity contribution >= 4 is 59.6 Å². The number of carbonyl (C=O) groups is 1. The van der Waals surface area contributed by atoms with Gasteiger partial charge in [0.05, 0.1) is 5.02 Å². The van der Waals surface area contributed by atoms with Gasteiger partial charge < -0.3 is 15.8 Å². The van der Waals surface area contributed by atoms with E-state index >= 15 is 0 Å². The number of nitrogens with two attached hydrogens (primary N) is 1. The molecule has 1 aliphatic carbocycles. The largest absolute Gasteiger partial charge is 0.438 e. The molecule has 0 radical (unpaired) electrons. The third kappa shape index (κ3) is 6.70. The molecule has 5 nitrogen and oxygen atoms in total. The molecular weight excluding hydrogens is 432 g/mol. The summed E-state index contributed by atoms with van der Waals surface area (Å²) in [4.78, 5) is 16.4. The monoisotopic (exact) mass is 451 g/mol. The van der Waals surface area contributed by atoms with Gasteiger partial charge in [-0.05, 0) is 49.6 Å². The first-order valence-electron chi connectivity index (χ1n) is 8.16. The van der Waals surface area contributed by atoms with E-state index in [-0.39, 0.29) is 48.6 Å². The number of pyridine rings is 1. The predicted molar refractivity (Wildman–Crippen MR) is 114 cm³/mol. The van der Waals surface area contributed by atoms with Crippen LogP contribution in [0.25, 0.3) is 0 Å². The van der Waals surface area contributed by atoms with E-state index in [9.17, 15) is 4.79 Å². The van der Waals surface area contributed by atoms with Crippen LogP contribution in [0.5, 0.6) is 11.6 Å². The van der Waals surface area contributed by atoms with E-state index in [4.69, 9.17) is 33.7 Å². The Hall–Kier alpha value is -1.24. The van der Waals surface area contributed by atoms with Crippen molar-refractivity contribution in [3.63, 3.8) is 0 Å². The number of halogens is 4. The van der Waals surface area contributed by atoms with E-state index in [1.54, 1.807) is 30.3 Å². The van der Waals surface area contributed by atoms with Crippen LogP contribution >= 0.6 is 48.0 Å². The summed E-state index contributed by atoms with van der Waals surface area (Å²) in [5.74, 6) is 0.844. The summed E-state index contributed by atoms with van der Waals surface area (Å²) in [6, 6.07) is 8.73. The summed E-state index contributed by atoms with van der Waals surface area (Å²) in [5, 5.41) is 3.71. The fourth-order valence-corrected chi connectivity index (χ4v) is 3.32. The molecule has 1 amide bonds. The van der Waals surface area contributed by atoms with Gasteiger partial charge >= 0.3 is 0 Å². The van der Waals surface area contributed by atoms with Crippen LogP contribution in [0.2, 0.25) is 10.0 Å². The lowest BCUT2D eigenvalue weighted by Gasteiger charge is -2.25. The zero-order valence-corrected chi connectivity index (χ0v) is 17.5. The van der Waals surface area contributed by atoms with Crippen LogP contribution < -0.4 is 15.8 Å². The highest BCUT2D eigenvalue weighted by Gasteiger charge is 2.25. The fourth-order valence-electron chi connectivity index (χ4n) is 2.91. The van der Waals surface area contributed by atoms with Crippen molar-refractivity contribution in [3.8, 4) is 11.6 Å². The van der Waals surface area contributed by atoms with Gasteiger partial charge in [0.2, 0.25) is 11.8 Å². The van der Waals surface area contributed by atoms with Crippen molar-refractivity contribution in [3.05, 3.63) is 46.6 Å². The molecule has 3 rings (SSSR count). The van der Waals surface area contributed by atoms with E-state index in [1.165, 1.54) is 6.20 Å². The summed E-state index contributed by atoms with van der Waals surface area (Å²) in [5.41, 5.74) is 6.66. The second-order valence-electron chi connectivity index (χ2n) is 6.18. The molecule has 1 saturated carbocycles. The number of carbonyl (C=O) groups excluding carboxylic acids is 1. The Morgan fingerprint density at radius 3 is 2.52 bits per heavy atom. The SMILES string of the molecule is Cl.Cl.NC1CCCC(C(=O)Nc2ccc(Oc3ncc(Cl)cc3Cl)cc2)C1. The quantitative estimate of drug-likeness (QED) is 0.643. The molecule has 27 heavy (non-hydrogen) atoms. The molecule has 1 aliphatic rings. The van der Waals surface area contributed by atoms with E-state index in [1.807, 2.05) is 0 Å². The maximum absolute atomic E-state index is 12.3. The Morgan fingerprint density at radius 2 is 1.89 bits per heavy atom. The molecule has 1 heterocycles. The molecule has 0 bridgehead atoms. The van der Waals surface area contributed by atoms with Gasteiger partial charge in [-0.2, -0.15) is 0 Å². The molecule has 2 atom stereocenters. The topological polar surface area (TPSA) is 77.2 Å². The highest BCUT2D eigenvalue weighted by molar-refractivity contribution is 6.35. The zero-order valence-electron chi connectivity index (χ0n) is 14.4. The highest BCUT2D eigenvalue weighted by atomic mass is 35.5. The number of aromatic nitrogens is 1. The molecule has 1 aromatic carbocycles. The first kappa shape index (κ1) is 23.8. The third-order valence-corrected chi connectivity index (χ3v) is 4.67. The molecule has 9 heteroatoms. The van der Waals surface area contributed by atoms with Crippen molar-refractivity contribution < 1.29 is 9.53 Å². The van der Waals surface area contributed by atoms with Crippen LogP contribution in [-0.4, -0.2) is 16.9 Å². The van der Waals surface area contributed by atoms with Crippen LogP contribution in [0.15, 0.2) is 36.5 Å². The molecule has 148 valence electrons. The number of hydrogen-bond acceptors (Lipinski definition) is 4. The van der Waals surface area contributed by atoms with Crippen LogP contribution in [-0.2, 0) is 4.79 Å². The lowest BCUT2D eigenvalue weighted by Crippen LogP contribution is -2.34. The molecular formula is C18H21Cl4N3O2. The zero-order chi connectivity index (χ0) is 17.8. The molecule has 0 spiro atoms. The van der Waals surface area contributed by atoms with Crippen molar-refractivity contribution in [1.29, 1.82) is 0 Å². The first-order valence-corrected chi connectivity index (χ1v) is 8.92. The highest BCUT2D eigenvalue weighted by Crippen LogP contribution is 2.30. The van der Waals surface area contributed by atoms with Gasteiger partial charge in [0.1, 0.15) is 10.8 Å². The molecule has 0 aliphatic heterocycles. The van der Waals surface area contributed by atoms with Gasteiger partial charge in [-0.15, -0.1) is 24.8 Å². The molecule has 2 aromatic rings. The van der Waals surface area contributed by atoms with Gasteiger partial charge in [-0.3, -0.25) is 4.79 Å². The molecule has 0 saturated heterocycles. The van der Waals surface area contributed by atoms with E-state index < -0.39 is 0 Å². The molecule has 2 unspecified atom stereocenters. The van der Waals surface area contributed by atoms with Crippen LogP contribution in [0, 0.1) is 5.92 Å². The average Bonchev–Trinajstić information content (AvgIpc) is 2.59. The predicted octanol–water partition coefficient (Wildman–Crippen LogP) is 5.48. The first-order chi connectivity index (χ1) is 12.0. The summed E-state index contributed by atoms with van der Waals surface area (Å²) in [6.07, 6.45) is 5.10. The maximum Gasteiger partial charge on any atom is 0.238 e. The van der Waals surface area contributed by atoms with Gasteiger partial charge in [-0.1, -0.05) is 29.6 Å². The van der Waals surface area contributed by atoms with Crippen molar-refractivity contribution in [2.24, 2.45) is 11.7 Å². The minimum absolute atomic E-state index is 0. The van der Waals surface area contributed by atoms with Crippen molar-refractivity contribution in [2.75, 3.05) is 5.32 Å². The van der Waals surface area contributed by atoms with E-state index in [2.05, 4.69) is 10.3 Å². The summed E-state index contributed by atoms with van der Waals surface area (Å²) in [6.45, 7) is 0. The van der Waals surface area contributed by atoms with E-state index in [0.717, 1.165) is 25.7 Å². The lowest BCUT2D eigenvalue weighted by molar-refractivity contribution is -0.120. The Kier molecular flexibility index (Phi) is 9.63. The number of rotatable bonds is 4. The average molecular weight is 453 g/mol. The maximum atomic E-state index is 12.3. The van der Waals surface area contributed by atoms with Gasteiger partial charge in [-0.25, -0.2) is 4.98 Å². The van der Waals surface area contributed by atoms with Gasteiger partial charge in [0.15, 0.2) is 0 Å². The minimum atomic E-state index is -0.0169. The number of anilines is 1. The number of benzene rings is 1. The van der Waals surface area contributed by atoms with Crippen molar-refractivity contribution in [1.82, 2.24) is 4.98 Å². The number of hydrogen-bond donors (Lipinski definition) is 2. The number of ether oxygens (including phenoxy) is 1. The van der Waals surface area contributed by atoms with Crippen LogP contribution in [0.4, 0.5) is 5.69 Å². The second kappa shape index (κ2) is 10.9. The molecule has 1 aromatic heterocycles. The summed E-state index contributed by atoms with van der Waals surface area (Å²) >= 11 is 11.8. The molecule has 3 N–H and O–H groups in total.